The van der Waals surface area contributed by atoms with E-state index in [2.05, 4.69) is 41.5 Å². The Balaban J connectivity index is 1.91. The molecule has 1 N–H and O–H groups in total. The number of hydrogen-bond acceptors (Lipinski definition) is 4. The first-order chi connectivity index (χ1) is 11.6. The first-order valence-electron chi connectivity index (χ1n) is 8.50. The third-order valence-corrected chi connectivity index (χ3v) is 4.67. The summed E-state index contributed by atoms with van der Waals surface area (Å²) >= 11 is 1.42. The Kier molecular flexibility index (Phi) is 7.31. The largest absolute Gasteiger partial charge is 0.355 e. The van der Waals surface area contributed by atoms with Crippen LogP contribution in [0.5, 0.6) is 0 Å². The van der Waals surface area contributed by atoms with E-state index in [1.165, 1.54) is 36.6 Å². The number of amides is 1. The summed E-state index contributed by atoms with van der Waals surface area (Å²) in [5.41, 5.74) is 2.21. The zero-order valence-corrected chi connectivity index (χ0v) is 15.5. The summed E-state index contributed by atoms with van der Waals surface area (Å²) in [4.78, 5) is 12.0. The van der Waals surface area contributed by atoms with Gasteiger partial charge in [-0.2, -0.15) is 0 Å². The van der Waals surface area contributed by atoms with Crippen molar-refractivity contribution >= 4 is 17.7 Å². The van der Waals surface area contributed by atoms with Gasteiger partial charge in [0, 0.05) is 12.2 Å². The highest BCUT2D eigenvalue weighted by atomic mass is 32.2. The molecule has 0 bridgehead atoms. The quantitative estimate of drug-likeness (QED) is 0.556. The summed E-state index contributed by atoms with van der Waals surface area (Å²) in [5, 5.41) is 12.1. The third kappa shape index (κ3) is 5.37. The van der Waals surface area contributed by atoms with Gasteiger partial charge in [0.25, 0.3) is 0 Å². The van der Waals surface area contributed by atoms with Crippen molar-refractivity contribution in [3.8, 4) is 5.69 Å². The molecule has 130 valence electrons. The Hall–Kier alpha value is -1.82. The highest BCUT2D eigenvalue weighted by Gasteiger charge is 2.13. The Morgan fingerprint density at radius 2 is 2.04 bits per heavy atom. The molecule has 0 saturated carbocycles. The summed E-state index contributed by atoms with van der Waals surface area (Å²) in [5.74, 6) is 1.23. The summed E-state index contributed by atoms with van der Waals surface area (Å²) in [7, 11) is 0. The van der Waals surface area contributed by atoms with Crippen LogP contribution in [-0.2, 0) is 4.79 Å². The smallest absolute Gasteiger partial charge is 0.230 e. The monoisotopic (exact) mass is 346 g/mol. The van der Waals surface area contributed by atoms with Gasteiger partial charge < -0.3 is 5.32 Å². The highest BCUT2D eigenvalue weighted by molar-refractivity contribution is 7.99. The van der Waals surface area contributed by atoms with Gasteiger partial charge in [-0.3, -0.25) is 9.36 Å². The molecule has 0 fully saturated rings. The molecule has 1 aromatic carbocycles. The van der Waals surface area contributed by atoms with Crippen molar-refractivity contribution in [3.63, 3.8) is 0 Å². The van der Waals surface area contributed by atoms with E-state index in [-0.39, 0.29) is 5.91 Å². The average molecular weight is 347 g/mol. The molecular formula is C18H26N4OS. The minimum atomic E-state index is 0.0490. The number of thioether (sulfide) groups is 1. The number of rotatable bonds is 9. The van der Waals surface area contributed by atoms with Gasteiger partial charge in [-0.1, -0.05) is 50.1 Å². The second kappa shape index (κ2) is 9.47. The number of benzene rings is 1. The number of hydrogen-bond donors (Lipinski definition) is 1. The van der Waals surface area contributed by atoms with E-state index in [4.69, 9.17) is 0 Å². The van der Waals surface area contributed by atoms with Gasteiger partial charge >= 0.3 is 0 Å². The van der Waals surface area contributed by atoms with Crippen LogP contribution in [0.3, 0.4) is 0 Å². The van der Waals surface area contributed by atoms with Gasteiger partial charge in [0.15, 0.2) is 5.16 Å². The molecule has 5 nitrogen and oxygen atoms in total. The SMILES string of the molecule is CCCCCCNC(=O)CSc1nnc(C)n1-c1cccc(C)c1. The van der Waals surface area contributed by atoms with E-state index in [0.717, 1.165) is 29.6 Å². The first kappa shape index (κ1) is 18.5. The molecular weight excluding hydrogens is 320 g/mol. The number of unbranched alkanes of at least 4 members (excludes halogenated alkanes) is 3. The topological polar surface area (TPSA) is 59.8 Å². The van der Waals surface area contributed by atoms with Crippen LogP contribution in [0, 0.1) is 13.8 Å². The molecule has 0 aliphatic rings. The molecule has 24 heavy (non-hydrogen) atoms. The van der Waals surface area contributed by atoms with Gasteiger partial charge in [-0.25, -0.2) is 0 Å². The van der Waals surface area contributed by atoms with Crippen molar-refractivity contribution in [2.24, 2.45) is 0 Å². The minimum absolute atomic E-state index is 0.0490. The van der Waals surface area contributed by atoms with Gasteiger partial charge in [0.2, 0.25) is 5.91 Å². The van der Waals surface area contributed by atoms with Crippen LogP contribution in [0.2, 0.25) is 0 Å². The van der Waals surface area contributed by atoms with Crippen molar-refractivity contribution in [2.75, 3.05) is 12.3 Å². The van der Waals surface area contributed by atoms with Crippen molar-refractivity contribution in [3.05, 3.63) is 35.7 Å². The predicted octanol–water partition coefficient (Wildman–Crippen LogP) is 3.67. The van der Waals surface area contributed by atoms with E-state index in [0.29, 0.717) is 5.75 Å². The summed E-state index contributed by atoms with van der Waals surface area (Å²) in [6, 6.07) is 8.19. The molecule has 0 atom stereocenters. The summed E-state index contributed by atoms with van der Waals surface area (Å²) < 4.78 is 1.99. The molecule has 2 rings (SSSR count). The second-order valence-electron chi connectivity index (χ2n) is 5.90. The summed E-state index contributed by atoms with van der Waals surface area (Å²) in [6.07, 6.45) is 4.65. The molecule has 1 heterocycles. The van der Waals surface area contributed by atoms with E-state index in [1.54, 1.807) is 0 Å². The standard InChI is InChI=1S/C18H26N4OS/c1-4-5-6-7-11-19-17(23)13-24-18-21-20-15(3)22(18)16-10-8-9-14(2)12-16/h8-10,12H,4-7,11,13H2,1-3H3,(H,19,23). The molecule has 0 aliphatic heterocycles. The number of carbonyl (C=O) groups excluding carboxylic acids is 1. The number of aromatic nitrogens is 3. The van der Waals surface area contributed by atoms with Crippen LogP contribution in [-0.4, -0.2) is 33.0 Å². The fourth-order valence-electron chi connectivity index (χ4n) is 2.46. The fourth-order valence-corrected chi connectivity index (χ4v) is 3.29. The van der Waals surface area contributed by atoms with Gasteiger partial charge in [-0.15, -0.1) is 10.2 Å². The van der Waals surface area contributed by atoms with Crippen LogP contribution in [0.1, 0.15) is 44.0 Å². The maximum Gasteiger partial charge on any atom is 0.230 e. The van der Waals surface area contributed by atoms with E-state index in [1.807, 2.05) is 23.6 Å². The zero-order chi connectivity index (χ0) is 17.4. The lowest BCUT2D eigenvalue weighted by Crippen LogP contribution is -2.26. The third-order valence-electron chi connectivity index (χ3n) is 3.74. The van der Waals surface area contributed by atoms with Crippen LogP contribution in [0.25, 0.3) is 5.69 Å². The van der Waals surface area contributed by atoms with Crippen LogP contribution in [0.4, 0.5) is 0 Å². The molecule has 0 saturated heterocycles. The Morgan fingerprint density at radius 1 is 1.21 bits per heavy atom. The van der Waals surface area contributed by atoms with Crippen molar-refractivity contribution in [2.45, 2.75) is 51.6 Å². The summed E-state index contributed by atoms with van der Waals surface area (Å²) in [6.45, 7) is 6.92. The predicted molar refractivity (Wildman–Crippen MR) is 98.7 cm³/mol. The molecule has 0 aliphatic carbocycles. The minimum Gasteiger partial charge on any atom is -0.355 e. The number of nitrogens with one attached hydrogen (secondary N) is 1. The zero-order valence-electron chi connectivity index (χ0n) is 14.7. The number of nitrogens with zero attached hydrogens (tertiary/aromatic N) is 3. The number of carbonyl (C=O) groups is 1. The van der Waals surface area contributed by atoms with Crippen LogP contribution >= 0.6 is 11.8 Å². The van der Waals surface area contributed by atoms with Crippen LogP contribution in [0.15, 0.2) is 29.4 Å². The maximum absolute atomic E-state index is 12.0. The lowest BCUT2D eigenvalue weighted by atomic mass is 10.2. The van der Waals surface area contributed by atoms with Crippen molar-refractivity contribution in [1.82, 2.24) is 20.1 Å². The Morgan fingerprint density at radius 3 is 2.79 bits per heavy atom. The highest BCUT2D eigenvalue weighted by Crippen LogP contribution is 2.22. The van der Waals surface area contributed by atoms with E-state index >= 15 is 0 Å². The Bertz CT molecular complexity index is 669. The van der Waals surface area contributed by atoms with Gasteiger partial charge in [0.05, 0.1) is 5.75 Å². The van der Waals surface area contributed by atoms with Gasteiger partial charge in [-0.05, 0) is 38.0 Å². The van der Waals surface area contributed by atoms with E-state index < -0.39 is 0 Å². The Labute approximate surface area is 148 Å². The lowest BCUT2D eigenvalue weighted by Gasteiger charge is -2.09. The molecule has 1 aromatic heterocycles. The normalized spacial score (nSPS) is 10.8. The van der Waals surface area contributed by atoms with Crippen LogP contribution < -0.4 is 5.32 Å². The van der Waals surface area contributed by atoms with Crippen molar-refractivity contribution in [1.29, 1.82) is 0 Å². The van der Waals surface area contributed by atoms with E-state index in [9.17, 15) is 4.79 Å². The van der Waals surface area contributed by atoms with Gasteiger partial charge in [0.1, 0.15) is 5.82 Å². The number of aryl methyl sites for hydroxylation is 2. The molecule has 0 radical (unpaired) electrons. The molecule has 0 unspecified atom stereocenters. The average Bonchev–Trinajstić information content (AvgIpc) is 2.93. The fraction of sp³-hybridized carbons (Fsp3) is 0.500. The molecule has 2 aromatic rings. The maximum atomic E-state index is 12.0. The lowest BCUT2D eigenvalue weighted by molar-refractivity contribution is -0.118. The second-order valence-corrected chi connectivity index (χ2v) is 6.85. The first-order valence-corrected chi connectivity index (χ1v) is 9.49. The molecule has 6 heteroatoms. The van der Waals surface area contributed by atoms with Crippen molar-refractivity contribution < 1.29 is 4.79 Å². The molecule has 0 spiro atoms. The molecule has 1 amide bonds.